The third-order valence-corrected chi connectivity index (χ3v) is 4.98. The second kappa shape index (κ2) is 7.89. The third kappa shape index (κ3) is 4.32. The highest BCUT2D eigenvalue weighted by molar-refractivity contribution is 7.80. The number of thiocarbonyl (C=S) groups is 1. The van der Waals surface area contributed by atoms with Crippen molar-refractivity contribution in [2.75, 3.05) is 25.1 Å². The maximum atomic E-state index is 13.3. The maximum Gasteiger partial charge on any atom is 0.171 e. The summed E-state index contributed by atoms with van der Waals surface area (Å²) in [6.45, 7) is 4.04. The molecule has 1 aliphatic heterocycles. The number of hydrogen-bond acceptors (Lipinski definition) is 3. The molecule has 0 amide bonds. The predicted octanol–water partition coefficient (Wildman–Crippen LogP) is 3.56. The SMILES string of the molecule is Cc1cccnc1NC(=S)NCC1(c2ccc(F)cc2)CCOCC1. The van der Waals surface area contributed by atoms with Gasteiger partial charge in [0.15, 0.2) is 5.11 Å². The van der Waals surface area contributed by atoms with Crippen LogP contribution in [0.4, 0.5) is 10.2 Å². The van der Waals surface area contributed by atoms with Crippen LogP contribution in [-0.2, 0) is 10.2 Å². The van der Waals surface area contributed by atoms with E-state index in [4.69, 9.17) is 17.0 Å². The van der Waals surface area contributed by atoms with E-state index in [1.807, 2.05) is 31.2 Å². The fraction of sp³-hybridized carbons (Fsp3) is 0.368. The molecule has 2 N–H and O–H groups in total. The number of pyridine rings is 1. The number of nitrogens with zero attached hydrogens (tertiary/aromatic N) is 1. The van der Waals surface area contributed by atoms with Crippen molar-refractivity contribution >= 4 is 23.1 Å². The molecular formula is C19H22FN3OS. The fourth-order valence-corrected chi connectivity index (χ4v) is 3.32. The second-order valence-corrected chi connectivity index (χ2v) is 6.78. The van der Waals surface area contributed by atoms with Crippen LogP contribution in [0, 0.1) is 12.7 Å². The van der Waals surface area contributed by atoms with Crippen LogP contribution in [0.5, 0.6) is 0 Å². The molecule has 1 aromatic carbocycles. The van der Waals surface area contributed by atoms with Crippen LogP contribution in [0.25, 0.3) is 0 Å². The average Bonchev–Trinajstić information content (AvgIpc) is 2.63. The molecule has 1 aromatic heterocycles. The maximum absolute atomic E-state index is 13.3. The number of anilines is 1. The smallest absolute Gasteiger partial charge is 0.171 e. The molecule has 3 rings (SSSR count). The van der Waals surface area contributed by atoms with Crippen LogP contribution >= 0.6 is 12.2 Å². The Balaban J connectivity index is 1.70. The number of aromatic nitrogens is 1. The lowest BCUT2D eigenvalue weighted by Crippen LogP contribution is -2.45. The van der Waals surface area contributed by atoms with Gasteiger partial charge in [-0.15, -0.1) is 0 Å². The van der Waals surface area contributed by atoms with Gasteiger partial charge < -0.3 is 15.4 Å². The zero-order valence-electron chi connectivity index (χ0n) is 14.2. The molecule has 1 saturated heterocycles. The van der Waals surface area contributed by atoms with Gasteiger partial charge in [0.2, 0.25) is 0 Å². The summed E-state index contributed by atoms with van der Waals surface area (Å²) in [5.74, 6) is 0.532. The van der Waals surface area contributed by atoms with Crippen LogP contribution in [0.3, 0.4) is 0 Å². The molecule has 0 saturated carbocycles. The van der Waals surface area contributed by atoms with E-state index in [-0.39, 0.29) is 11.2 Å². The Hall–Kier alpha value is -2.05. The summed E-state index contributed by atoms with van der Waals surface area (Å²) in [6, 6.07) is 10.6. The Morgan fingerprint density at radius 1 is 1.24 bits per heavy atom. The zero-order valence-corrected chi connectivity index (χ0v) is 15.0. The van der Waals surface area contributed by atoms with Crippen molar-refractivity contribution in [1.29, 1.82) is 0 Å². The highest BCUT2D eigenvalue weighted by Crippen LogP contribution is 2.34. The second-order valence-electron chi connectivity index (χ2n) is 6.38. The molecule has 0 spiro atoms. The quantitative estimate of drug-likeness (QED) is 0.818. The highest BCUT2D eigenvalue weighted by Gasteiger charge is 2.34. The first-order chi connectivity index (χ1) is 12.1. The van der Waals surface area contributed by atoms with Crippen molar-refractivity contribution in [3.63, 3.8) is 0 Å². The Labute approximate surface area is 152 Å². The minimum Gasteiger partial charge on any atom is -0.381 e. The predicted molar refractivity (Wildman–Crippen MR) is 101 cm³/mol. The fourth-order valence-electron chi connectivity index (χ4n) is 3.15. The number of benzene rings is 1. The molecule has 2 heterocycles. The summed E-state index contributed by atoms with van der Waals surface area (Å²) >= 11 is 5.43. The Morgan fingerprint density at radius 2 is 1.96 bits per heavy atom. The first kappa shape index (κ1) is 17.8. The van der Waals surface area contributed by atoms with Gasteiger partial charge in [0.1, 0.15) is 11.6 Å². The van der Waals surface area contributed by atoms with Gasteiger partial charge in [0, 0.05) is 31.4 Å². The summed E-state index contributed by atoms with van der Waals surface area (Å²) in [4.78, 5) is 4.30. The standard InChI is InChI=1S/C19H22FN3OS/c1-14-3-2-10-21-17(14)23-18(25)22-13-19(8-11-24-12-9-19)15-4-6-16(20)7-5-15/h2-7,10H,8-9,11-13H2,1H3,(H2,21,22,23,25). The molecule has 25 heavy (non-hydrogen) atoms. The molecule has 4 nitrogen and oxygen atoms in total. The number of nitrogens with one attached hydrogen (secondary N) is 2. The van der Waals surface area contributed by atoms with Crippen molar-refractivity contribution in [3.8, 4) is 0 Å². The summed E-state index contributed by atoms with van der Waals surface area (Å²) in [5, 5.41) is 7.00. The first-order valence-corrected chi connectivity index (χ1v) is 8.80. The third-order valence-electron chi connectivity index (χ3n) is 4.74. The lowest BCUT2D eigenvalue weighted by atomic mass is 9.74. The summed E-state index contributed by atoms with van der Waals surface area (Å²) < 4.78 is 18.8. The van der Waals surface area contributed by atoms with Gasteiger partial charge in [0.05, 0.1) is 0 Å². The lowest BCUT2D eigenvalue weighted by Gasteiger charge is -2.38. The van der Waals surface area contributed by atoms with Crippen LogP contribution in [0.1, 0.15) is 24.0 Å². The van der Waals surface area contributed by atoms with Crippen molar-refractivity contribution in [1.82, 2.24) is 10.3 Å². The number of ether oxygens (including phenoxy) is 1. The highest BCUT2D eigenvalue weighted by atomic mass is 32.1. The Kier molecular flexibility index (Phi) is 5.60. The lowest BCUT2D eigenvalue weighted by molar-refractivity contribution is 0.0515. The van der Waals surface area contributed by atoms with Gasteiger partial charge in [-0.3, -0.25) is 0 Å². The summed E-state index contributed by atoms with van der Waals surface area (Å²) in [5.41, 5.74) is 2.03. The summed E-state index contributed by atoms with van der Waals surface area (Å²) in [6.07, 6.45) is 3.48. The molecule has 2 aromatic rings. The average molecular weight is 359 g/mol. The van der Waals surface area contributed by atoms with E-state index in [1.54, 1.807) is 6.20 Å². The number of rotatable bonds is 4. The van der Waals surface area contributed by atoms with E-state index < -0.39 is 0 Å². The Bertz CT molecular complexity index is 730. The van der Waals surface area contributed by atoms with E-state index in [0.717, 1.165) is 29.8 Å². The van der Waals surface area contributed by atoms with E-state index in [9.17, 15) is 4.39 Å². The van der Waals surface area contributed by atoms with Crippen LogP contribution < -0.4 is 10.6 Å². The van der Waals surface area contributed by atoms with Gasteiger partial charge >= 0.3 is 0 Å². The van der Waals surface area contributed by atoms with Gasteiger partial charge in [-0.1, -0.05) is 18.2 Å². The van der Waals surface area contributed by atoms with Crippen molar-refractivity contribution in [2.24, 2.45) is 0 Å². The first-order valence-electron chi connectivity index (χ1n) is 8.39. The molecule has 132 valence electrons. The van der Waals surface area contributed by atoms with Gasteiger partial charge in [0.25, 0.3) is 0 Å². The van der Waals surface area contributed by atoms with Gasteiger partial charge in [-0.25, -0.2) is 9.37 Å². The molecule has 1 fully saturated rings. The zero-order chi connectivity index (χ0) is 17.7. The summed E-state index contributed by atoms with van der Waals surface area (Å²) in [7, 11) is 0. The largest absolute Gasteiger partial charge is 0.381 e. The molecular weight excluding hydrogens is 337 g/mol. The normalized spacial score (nSPS) is 16.2. The van der Waals surface area contributed by atoms with Crippen LogP contribution in [0.2, 0.25) is 0 Å². The van der Waals surface area contributed by atoms with E-state index >= 15 is 0 Å². The molecule has 6 heteroatoms. The van der Waals surface area contributed by atoms with Crippen LogP contribution in [-0.4, -0.2) is 29.9 Å². The minimum absolute atomic E-state index is 0.114. The number of halogens is 1. The Morgan fingerprint density at radius 3 is 2.64 bits per heavy atom. The number of hydrogen-bond donors (Lipinski definition) is 2. The minimum atomic E-state index is -0.221. The van der Waals surface area contributed by atoms with Crippen molar-refractivity contribution in [2.45, 2.75) is 25.2 Å². The monoisotopic (exact) mass is 359 g/mol. The van der Waals surface area contributed by atoms with E-state index in [1.165, 1.54) is 12.1 Å². The van der Waals surface area contributed by atoms with Gasteiger partial charge in [-0.2, -0.15) is 0 Å². The molecule has 1 aliphatic rings. The molecule has 0 atom stereocenters. The number of aryl methyl sites for hydroxylation is 1. The molecule has 0 radical (unpaired) electrons. The molecule has 0 unspecified atom stereocenters. The topological polar surface area (TPSA) is 46.2 Å². The molecule has 0 aliphatic carbocycles. The van der Waals surface area contributed by atoms with E-state index in [0.29, 0.717) is 24.9 Å². The van der Waals surface area contributed by atoms with Crippen molar-refractivity contribution in [3.05, 3.63) is 59.5 Å². The van der Waals surface area contributed by atoms with Crippen LogP contribution in [0.15, 0.2) is 42.6 Å². The van der Waals surface area contributed by atoms with E-state index in [2.05, 4.69) is 15.6 Å². The molecule has 0 bridgehead atoms. The van der Waals surface area contributed by atoms with Gasteiger partial charge in [-0.05, 0) is 61.3 Å². The van der Waals surface area contributed by atoms with Crippen molar-refractivity contribution < 1.29 is 9.13 Å².